The highest BCUT2D eigenvalue weighted by Crippen LogP contribution is 2.27. The smallest absolute Gasteiger partial charge is 0.160 e. The van der Waals surface area contributed by atoms with Crippen LogP contribution in [0.3, 0.4) is 0 Å². The van der Waals surface area contributed by atoms with Crippen molar-refractivity contribution in [3.63, 3.8) is 0 Å². The van der Waals surface area contributed by atoms with Crippen LogP contribution >= 0.6 is 11.8 Å². The number of hydrogen-bond donors (Lipinski definition) is 0. The van der Waals surface area contributed by atoms with Crippen LogP contribution in [0.1, 0.15) is 139 Å². The third-order valence-electron chi connectivity index (χ3n) is 5.98. The van der Waals surface area contributed by atoms with Crippen molar-refractivity contribution in [2.45, 2.75) is 147 Å². The number of Topliss-reactive ketones (excluding diaryl/α,β-unsaturated/α-hetero) is 1. The molecule has 0 saturated carbocycles. The molecule has 0 fully saturated rings. The fourth-order valence-corrected chi connectivity index (χ4v) is 4.58. The van der Waals surface area contributed by atoms with Crippen LogP contribution in [-0.2, 0) is 20.7 Å². The average Bonchev–Trinajstić information content (AvgIpc) is 3.01. The molecule has 0 heterocycles. The summed E-state index contributed by atoms with van der Waals surface area (Å²) in [6, 6.07) is 17.0. The van der Waals surface area contributed by atoms with Crippen LogP contribution < -0.4 is 0 Å². The van der Waals surface area contributed by atoms with Crippen molar-refractivity contribution in [1.29, 1.82) is 0 Å². The van der Waals surface area contributed by atoms with E-state index in [1.807, 2.05) is 34.6 Å². The highest BCUT2D eigenvalue weighted by atomic mass is 32.2. The number of carbonyl (C=O) groups is 2. The molecule has 2 aromatic carbocycles. The van der Waals surface area contributed by atoms with Gasteiger partial charge in [-0.15, -0.1) is 0 Å². The quantitative estimate of drug-likeness (QED) is 0.0977. The van der Waals surface area contributed by atoms with Gasteiger partial charge in [-0.2, -0.15) is 0 Å². The molecule has 0 aliphatic rings. The predicted molar refractivity (Wildman–Crippen MR) is 214 cm³/mol. The molecule has 47 heavy (non-hydrogen) atoms. The first-order valence-corrected chi connectivity index (χ1v) is 18.4. The van der Waals surface area contributed by atoms with Gasteiger partial charge < -0.3 is 4.74 Å². The number of rotatable bonds is 12. The molecule has 0 spiro atoms. The maximum atomic E-state index is 11.2. The van der Waals surface area contributed by atoms with E-state index < -0.39 is 0 Å². The molecule has 0 aliphatic carbocycles. The third-order valence-corrected chi connectivity index (χ3v) is 7.00. The van der Waals surface area contributed by atoms with Gasteiger partial charge in [0.05, 0.1) is 0 Å². The fourth-order valence-electron chi connectivity index (χ4n) is 3.83. The summed E-state index contributed by atoms with van der Waals surface area (Å²) >= 11 is 1.73. The first-order valence-electron chi connectivity index (χ1n) is 17.6. The van der Waals surface area contributed by atoms with Gasteiger partial charge in [-0.3, -0.25) is 9.59 Å². The van der Waals surface area contributed by atoms with Crippen LogP contribution in [0.4, 0.5) is 0 Å². The summed E-state index contributed by atoms with van der Waals surface area (Å²) in [6.45, 7) is 35.3. The molecular formula is C43H72O3S. The highest BCUT2D eigenvalue weighted by Gasteiger charge is 2.08. The number of thioether (sulfide) groups is 1. The Balaban J connectivity index is -0.000000250. The lowest BCUT2D eigenvalue weighted by Gasteiger charge is -2.05. The third kappa shape index (κ3) is 34.5. The molecule has 0 bridgehead atoms. The minimum atomic E-state index is -0.0301. The largest absolute Gasteiger partial charge is 0.381 e. The van der Waals surface area contributed by atoms with Crippen molar-refractivity contribution in [2.75, 3.05) is 13.2 Å². The number of ketones is 2. The van der Waals surface area contributed by atoms with Crippen LogP contribution in [0.25, 0.3) is 0 Å². The van der Waals surface area contributed by atoms with Gasteiger partial charge in [0.2, 0.25) is 0 Å². The predicted octanol–water partition coefficient (Wildman–Crippen LogP) is 13.7. The van der Waals surface area contributed by atoms with Crippen molar-refractivity contribution >= 4 is 23.3 Å². The number of unbranched alkanes of at least 4 members (excludes halogenated alkanes) is 2. The van der Waals surface area contributed by atoms with Gasteiger partial charge in [0.15, 0.2) is 11.6 Å². The Hall–Kier alpha value is -2.69. The molecule has 3 nitrogen and oxygen atoms in total. The minimum Gasteiger partial charge on any atom is -0.381 e. The molecule has 0 aliphatic heterocycles. The number of benzene rings is 2. The molecule has 0 unspecified atom stereocenters. The van der Waals surface area contributed by atoms with E-state index in [9.17, 15) is 9.59 Å². The van der Waals surface area contributed by atoms with Gasteiger partial charge in [0.25, 0.3) is 0 Å². The Morgan fingerprint density at radius 2 is 1.23 bits per heavy atom. The monoisotopic (exact) mass is 669 g/mol. The van der Waals surface area contributed by atoms with Crippen LogP contribution in [0, 0.1) is 13.8 Å². The van der Waals surface area contributed by atoms with Gasteiger partial charge in [0, 0.05) is 23.7 Å². The molecule has 0 aromatic heterocycles. The Bertz CT molecular complexity index is 1110. The van der Waals surface area contributed by atoms with Gasteiger partial charge in [-0.25, -0.2) is 0 Å². The topological polar surface area (TPSA) is 43.4 Å². The summed E-state index contributed by atoms with van der Waals surface area (Å²) in [5, 5.41) is 0. The maximum Gasteiger partial charge on any atom is 0.160 e. The summed E-state index contributed by atoms with van der Waals surface area (Å²) in [5.41, 5.74) is 6.44. The minimum absolute atomic E-state index is 0.00926. The van der Waals surface area contributed by atoms with E-state index in [-0.39, 0.29) is 11.6 Å². The zero-order valence-electron chi connectivity index (χ0n) is 33.2. The molecule has 268 valence electrons. The van der Waals surface area contributed by atoms with Crippen molar-refractivity contribution in [3.8, 4) is 0 Å². The lowest BCUT2D eigenvalue weighted by Crippen LogP contribution is -2.02. The summed E-state index contributed by atoms with van der Waals surface area (Å²) in [6.07, 6.45) is 8.98. The number of allylic oxidation sites excluding steroid dienone is 5. The standard InChI is InChI=1S/C11H16O2.C10H12S.C9H12.C6H14O.C5H12.C2H6/c1-7(2)11(10(5)13)8(3)6-9(4)12;1-8(2)11-10-7-5-4-6-9(10)3;1-3-9-6-4-8(2)5-7-9;1-3-5-7-6-4-2;1-3-5-4-2;1-2/h6H,1-5H3;4-7H,1H2,2-3H3;4-7H,3H2,1-2H3;3-6H2,1-2H3;3-5H2,1-2H3;1-2H3/b8-6-;;;;;. The normalized spacial score (nSPS) is 9.55. The highest BCUT2D eigenvalue weighted by molar-refractivity contribution is 8.03. The number of ether oxygens (including phenoxy) is 1. The van der Waals surface area contributed by atoms with Crippen molar-refractivity contribution < 1.29 is 14.3 Å². The molecule has 0 N–H and O–H groups in total. The Kier molecular flexibility index (Phi) is 39.3. The van der Waals surface area contributed by atoms with E-state index in [1.165, 1.54) is 60.8 Å². The Labute approximate surface area is 296 Å². The van der Waals surface area contributed by atoms with E-state index in [1.54, 1.807) is 18.7 Å². The van der Waals surface area contributed by atoms with Gasteiger partial charge in [0.1, 0.15) is 0 Å². The number of carbonyl (C=O) groups excluding carboxylic acids is 2. The van der Waals surface area contributed by atoms with Gasteiger partial charge in [-0.05, 0) is 108 Å². The Morgan fingerprint density at radius 1 is 0.745 bits per heavy atom. The molecule has 4 heteroatoms. The summed E-state index contributed by atoms with van der Waals surface area (Å²) in [4.78, 5) is 24.4. The zero-order valence-corrected chi connectivity index (χ0v) is 34.0. The second-order valence-electron chi connectivity index (χ2n) is 11.2. The zero-order chi connectivity index (χ0) is 37.2. The fraction of sp³-hybridized carbons (Fsp3) is 0.535. The van der Waals surface area contributed by atoms with Gasteiger partial charge >= 0.3 is 0 Å². The molecule has 2 aromatic rings. The SMILES string of the molecule is C=C(C)Sc1ccccc1C.CC.CC(=O)/C=C(/C)C(C(C)=O)=C(C)C.CCCCC.CCCOCCC.CCc1ccc(C)cc1. The van der Waals surface area contributed by atoms with Crippen LogP contribution in [-0.4, -0.2) is 24.8 Å². The average molecular weight is 669 g/mol. The Morgan fingerprint density at radius 3 is 1.55 bits per heavy atom. The summed E-state index contributed by atoms with van der Waals surface area (Å²) < 4.78 is 5.13. The number of aryl methyl sites for hydroxylation is 3. The van der Waals surface area contributed by atoms with Crippen molar-refractivity contribution in [3.05, 3.63) is 99.5 Å². The van der Waals surface area contributed by atoms with Crippen LogP contribution in [0.5, 0.6) is 0 Å². The van der Waals surface area contributed by atoms with E-state index in [4.69, 9.17) is 4.74 Å². The molecule has 0 radical (unpaired) electrons. The first-order chi connectivity index (χ1) is 22.2. The number of hydrogen-bond acceptors (Lipinski definition) is 4. The van der Waals surface area contributed by atoms with E-state index in [0.717, 1.165) is 48.5 Å². The molecule has 0 saturated heterocycles. The molecular weight excluding hydrogens is 597 g/mol. The second kappa shape index (κ2) is 36.2. The van der Waals surface area contributed by atoms with Crippen LogP contribution in [0.15, 0.2) is 87.7 Å². The summed E-state index contributed by atoms with van der Waals surface area (Å²) in [7, 11) is 0. The van der Waals surface area contributed by atoms with E-state index in [2.05, 4.69) is 104 Å². The first kappa shape index (κ1) is 51.2. The van der Waals surface area contributed by atoms with E-state index in [0.29, 0.717) is 5.57 Å². The second-order valence-corrected chi connectivity index (χ2v) is 12.6. The van der Waals surface area contributed by atoms with Crippen molar-refractivity contribution in [2.24, 2.45) is 0 Å². The van der Waals surface area contributed by atoms with Crippen LogP contribution in [0.2, 0.25) is 0 Å². The summed E-state index contributed by atoms with van der Waals surface area (Å²) in [5.74, 6) is -0.0208. The van der Waals surface area contributed by atoms with E-state index >= 15 is 0 Å². The lowest BCUT2D eigenvalue weighted by molar-refractivity contribution is -0.113. The maximum absolute atomic E-state index is 11.2. The van der Waals surface area contributed by atoms with Crippen molar-refractivity contribution in [1.82, 2.24) is 0 Å². The van der Waals surface area contributed by atoms with Gasteiger partial charge in [-0.1, -0.05) is 140 Å². The molecule has 0 atom stereocenters. The molecule has 2 rings (SSSR count). The molecule has 0 amide bonds. The lowest BCUT2D eigenvalue weighted by atomic mass is 9.98.